The van der Waals surface area contributed by atoms with Crippen LogP contribution in [0.4, 0.5) is 0 Å². The molecular formula is C29H40O5. The molecule has 0 unspecified atom stereocenters. The van der Waals surface area contributed by atoms with Crippen molar-refractivity contribution in [1.29, 1.82) is 0 Å². The topological polar surface area (TPSA) is 87.0 Å². The fourth-order valence-corrected chi connectivity index (χ4v) is 7.96. The second kappa shape index (κ2) is 8.53. The molecule has 1 aromatic carbocycles. The minimum absolute atomic E-state index is 0.145. The van der Waals surface area contributed by atoms with Gasteiger partial charge in [-0.25, -0.2) is 4.79 Å². The van der Waals surface area contributed by atoms with E-state index in [0.29, 0.717) is 18.8 Å². The van der Waals surface area contributed by atoms with Crippen LogP contribution >= 0.6 is 0 Å². The van der Waals surface area contributed by atoms with E-state index in [1.54, 1.807) is 36.4 Å². The maximum Gasteiger partial charge on any atom is 0.331 e. The molecule has 3 N–H and O–H groups in total. The first kappa shape index (κ1) is 25.0. The van der Waals surface area contributed by atoms with E-state index >= 15 is 0 Å². The first-order valence-corrected chi connectivity index (χ1v) is 12.6. The van der Waals surface area contributed by atoms with E-state index < -0.39 is 29.2 Å². The average Bonchev–Trinajstić information content (AvgIpc) is 2.75. The summed E-state index contributed by atoms with van der Waals surface area (Å²) in [6, 6.07) is 6.52. The molecule has 0 aromatic heterocycles. The number of carbonyl (C=O) groups excluding carboxylic acids is 1. The lowest BCUT2D eigenvalue weighted by atomic mass is 9.41. The number of aliphatic hydroxyl groups excluding tert-OH is 1. The molecule has 0 radical (unpaired) electrons. The Morgan fingerprint density at radius 3 is 2.44 bits per heavy atom. The third-order valence-electron chi connectivity index (χ3n) is 9.43. The molecule has 186 valence electrons. The Hall–Kier alpha value is -2.11. The highest BCUT2D eigenvalue weighted by atomic mass is 16.6. The van der Waals surface area contributed by atoms with Crippen molar-refractivity contribution < 1.29 is 24.9 Å². The molecule has 1 aromatic rings. The number of aliphatic hydroxyl groups is 2. The molecule has 3 saturated carbocycles. The largest absolute Gasteiger partial charge is 0.508 e. The first-order valence-electron chi connectivity index (χ1n) is 12.6. The van der Waals surface area contributed by atoms with Crippen LogP contribution in [-0.2, 0) is 9.53 Å². The lowest BCUT2D eigenvalue weighted by Gasteiger charge is -2.66. The van der Waals surface area contributed by atoms with Crippen molar-refractivity contribution in [2.75, 3.05) is 0 Å². The predicted molar refractivity (Wildman–Crippen MR) is 133 cm³/mol. The van der Waals surface area contributed by atoms with E-state index in [9.17, 15) is 20.1 Å². The fraction of sp³-hybridized carbons (Fsp3) is 0.621. The molecule has 5 heteroatoms. The lowest BCUT2D eigenvalue weighted by molar-refractivity contribution is -0.268. The third-order valence-corrected chi connectivity index (χ3v) is 9.43. The van der Waals surface area contributed by atoms with Crippen LogP contribution in [0.25, 0.3) is 6.08 Å². The van der Waals surface area contributed by atoms with Gasteiger partial charge in [0.05, 0.1) is 11.7 Å². The Bertz CT molecular complexity index is 965. The molecule has 3 aliphatic rings. The zero-order valence-electron chi connectivity index (χ0n) is 21.0. The van der Waals surface area contributed by atoms with Crippen LogP contribution in [0.15, 0.2) is 43.0 Å². The summed E-state index contributed by atoms with van der Waals surface area (Å²) in [4.78, 5) is 12.8. The smallest absolute Gasteiger partial charge is 0.331 e. The van der Waals surface area contributed by atoms with Gasteiger partial charge in [0.1, 0.15) is 11.9 Å². The molecule has 3 fully saturated rings. The highest BCUT2D eigenvalue weighted by Gasteiger charge is 2.67. The van der Waals surface area contributed by atoms with Crippen molar-refractivity contribution >= 4 is 12.0 Å². The van der Waals surface area contributed by atoms with Crippen molar-refractivity contribution in [3.63, 3.8) is 0 Å². The SMILES string of the molecule is C=C[C@]1(C)C[C@]2(O)CC[C@H]3C(C)(C)CCC[C@]3(C)[C@H]2[C@H](O)[C@H]1OC(=O)C=Cc1ccc(O)cc1. The highest BCUT2D eigenvalue weighted by molar-refractivity contribution is 5.87. The summed E-state index contributed by atoms with van der Waals surface area (Å²) in [5, 5.41) is 33.2. The summed E-state index contributed by atoms with van der Waals surface area (Å²) in [6.45, 7) is 12.8. The van der Waals surface area contributed by atoms with Crippen LogP contribution in [0, 0.1) is 28.1 Å². The molecule has 34 heavy (non-hydrogen) atoms. The second-order valence-corrected chi connectivity index (χ2v) is 12.2. The highest BCUT2D eigenvalue weighted by Crippen LogP contribution is 2.66. The van der Waals surface area contributed by atoms with Gasteiger partial charge in [-0.2, -0.15) is 0 Å². The molecule has 0 heterocycles. The molecule has 3 aliphatic carbocycles. The minimum atomic E-state index is -1.02. The number of carbonyl (C=O) groups is 1. The van der Waals surface area contributed by atoms with Crippen molar-refractivity contribution in [3.05, 3.63) is 48.6 Å². The summed E-state index contributed by atoms with van der Waals surface area (Å²) < 4.78 is 5.92. The standard InChI is InChI=1S/C29H40O5/c1-6-27(4)18-29(33)17-14-21-26(2,3)15-7-16-28(21,5)24(29)23(32)25(27)34-22(31)13-10-19-8-11-20(30)12-9-19/h6,8-13,21,23-25,30,32-33H,1,7,14-18H2,2-5H3/t21-,23-,24+,25+,27+,28-,29+/m0/s1. The molecule has 0 amide bonds. The number of rotatable bonds is 4. The maximum atomic E-state index is 12.8. The zero-order chi connectivity index (χ0) is 24.9. The van der Waals surface area contributed by atoms with Gasteiger partial charge in [0, 0.05) is 17.4 Å². The van der Waals surface area contributed by atoms with Gasteiger partial charge in [-0.1, -0.05) is 52.3 Å². The van der Waals surface area contributed by atoms with Crippen molar-refractivity contribution in [2.24, 2.45) is 28.1 Å². The Morgan fingerprint density at radius 1 is 1.12 bits per heavy atom. The summed E-state index contributed by atoms with van der Waals surface area (Å²) in [5.74, 6) is -0.362. The number of aromatic hydroxyl groups is 1. The van der Waals surface area contributed by atoms with Gasteiger partial charge in [0.15, 0.2) is 0 Å². The quantitative estimate of drug-likeness (QED) is 0.319. The predicted octanol–water partition coefficient (Wildman–Crippen LogP) is 5.25. The number of phenols is 1. The molecule has 0 saturated heterocycles. The van der Waals surface area contributed by atoms with Crippen LogP contribution in [0.2, 0.25) is 0 Å². The van der Waals surface area contributed by atoms with Gasteiger partial charge < -0.3 is 20.1 Å². The van der Waals surface area contributed by atoms with Gasteiger partial charge in [-0.15, -0.1) is 6.58 Å². The van der Waals surface area contributed by atoms with Gasteiger partial charge in [0.2, 0.25) is 0 Å². The molecule has 0 aliphatic heterocycles. The molecule has 7 atom stereocenters. The van der Waals surface area contributed by atoms with Crippen LogP contribution in [-0.4, -0.2) is 39.1 Å². The summed E-state index contributed by atoms with van der Waals surface area (Å²) in [6.07, 6.45) is 8.08. The van der Waals surface area contributed by atoms with Crippen LogP contribution in [0.1, 0.15) is 71.8 Å². The van der Waals surface area contributed by atoms with E-state index in [4.69, 9.17) is 4.74 Å². The monoisotopic (exact) mass is 468 g/mol. The number of hydrogen-bond donors (Lipinski definition) is 3. The Kier molecular flexibility index (Phi) is 6.27. The number of esters is 1. The summed E-state index contributed by atoms with van der Waals surface area (Å²) in [7, 11) is 0. The van der Waals surface area contributed by atoms with E-state index in [1.165, 1.54) is 6.08 Å². The summed E-state index contributed by atoms with van der Waals surface area (Å²) >= 11 is 0. The zero-order valence-corrected chi connectivity index (χ0v) is 21.0. The minimum Gasteiger partial charge on any atom is -0.508 e. The third kappa shape index (κ3) is 4.11. The van der Waals surface area contributed by atoms with Gasteiger partial charge in [-0.3, -0.25) is 0 Å². The molecule has 5 nitrogen and oxygen atoms in total. The van der Waals surface area contributed by atoms with E-state index in [1.807, 2.05) is 6.92 Å². The Labute approximate surface area is 203 Å². The maximum absolute atomic E-state index is 12.8. The Balaban J connectivity index is 1.63. The van der Waals surface area contributed by atoms with Gasteiger partial charge >= 0.3 is 5.97 Å². The number of benzene rings is 1. The van der Waals surface area contributed by atoms with E-state index in [0.717, 1.165) is 31.2 Å². The van der Waals surface area contributed by atoms with Crippen LogP contribution in [0.3, 0.4) is 0 Å². The molecule has 0 spiro atoms. The number of phenolic OH excluding ortho intramolecular Hbond substituents is 1. The first-order chi connectivity index (χ1) is 15.8. The summed E-state index contributed by atoms with van der Waals surface area (Å²) in [5.41, 5.74) is -1.10. The van der Waals surface area contributed by atoms with Gasteiger partial charge in [-0.05, 0) is 72.6 Å². The van der Waals surface area contributed by atoms with Crippen LogP contribution < -0.4 is 0 Å². The number of fused-ring (bicyclic) bond motifs is 3. The lowest BCUT2D eigenvalue weighted by Crippen LogP contribution is -2.70. The van der Waals surface area contributed by atoms with Crippen molar-refractivity contribution in [2.45, 2.75) is 84.0 Å². The molecular weight excluding hydrogens is 428 g/mol. The van der Waals surface area contributed by atoms with E-state index in [-0.39, 0.29) is 22.5 Å². The van der Waals surface area contributed by atoms with E-state index in [2.05, 4.69) is 27.4 Å². The Morgan fingerprint density at radius 2 is 1.79 bits per heavy atom. The fourth-order valence-electron chi connectivity index (χ4n) is 7.96. The van der Waals surface area contributed by atoms with Crippen molar-refractivity contribution in [3.8, 4) is 5.75 Å². The normalized spacial score (nSPS) is 41.4. The molecule has 4 rings (SSSR count). The number of hydrogen-bond acceptors (Lipinski definition) is 5. The van der Waals surface area contributed by atoms with Gasteiger partial charge in [0.25, 0.3) is 0 Å². The average molecular weight is 469 g/mol. The van der Waals surface area contributed by atoms with Crippen LogP contribution in [0.5, 0.6) is 5.75 Å². The number of ether oxygens (including phenoxy) is 1. The van der Waals surface area contributed by atoms with Crippen molar-refractivity contribution in [1.82, 2.24) is 0 Å². The second-order valence-electron chi connectivity index (χ2n) is 12.2. The molecule has 0 bridgehead atoms.